The first-order valence-electron chi connectivity index (χ1n) is 12.9. The second-order valence-electron chi connectivity index (χ2n) is 10.6. The molecule has 0 atom stereocenters. The van der Waals surface area contributed by atoms with Crippen molar-refractivity contribution >= 4 is 46.2 Å². The van der Waals surface area contributed by atoms with Crippen LogP contribution in [0.25, 0.3) is 0 Å². The number of rotatable bonds is 9. The van der Waals surface area contributed by atoms with Crippen LogP contribution in [0.4, 0.5) is 0 Å². The number of benzene rings is 3. The van der Waals surface area contributed by atoms with E-state index in [-0.39, 0.29) is 11.1 Å². The summed E-state index contributed by atoms with van der Waals surface area (Å²) in [5, 5.41) is 3.37. The van der Waals surface area contributed by atoms with Crippen LogP contribution in [0.15, 0.2) is 83.3 Å². The average molecular weight is 587 g/mol. The highest BCUT2D eigenvalue weighted by molar-refractivity contribution is 9.10. The molecule has 4 rings (SSSR count). The van der Waals surface area contributed by atoms with Crippen LogP contribution in [-0.4, -0.2) is 45.6 Å². The van der Waals surface area contributed by atoms with Gasteiger partial charge in [0.1, 0.15) is 5.75 Å². The Kier molecular flexibility index (Phi) is 9.34. The number of likely N-dealkylation sites (tertiary alicyclic amines) is 1. The molecule has 3 nitrogen and oxygen atoms in total. The monoisotopic (exact) mass is 585 g/mol. The first-order chi connectivity index (χ1) is 17.3. The van der Waals surface area contributed by atoms with Crippen LogP contribution >= 0.6 is 27.5 Å². The van der Waals surface area contributed by atoms with Gasteiger partial charge < -0.3 is 14.1 Å². The van der Waals surface area contributed by atoms with Crippen LogP contribution < -0.4 is 15.1 Å². The van der Waals surface area contributed by atoms with E-state index in [1.807, 2.05) is 18.2 Å². The van der Waals surface area contributed by atoms with Crippen molar-refractivity contribution in [1.29, 1.82) is 0 Å². The molecule has 0 aliphatic carbocycles. The molecule has 36 heavy (non-hydrogen) atoms. The van der Waals surface area contributed by atoms with Gasteiger partial charge in [-0.1, -0.05) is 109 Å². The maximum absolute atomic E-state index is 7.34. The fourth-order valence-corrected chi connectivity index (χ4v) is 10.7. The Hall–Kier alpha value is -1.63. The number of piperidine rings is 1. The molecular formula is C30H37BrClNO2Si. The van der Waals surface area contributed by atoms with E-state index in [1.54, 1.807) is 0 Å². The van der Waals surface area contributed by atoms with Gasteiger partial charge in [0.15, 0.2) is 0 Å². The lowest BCUT2D eigenvalue weighted by Gasteiger charge is -2.46. The van der Waals surface area contributed by atoms with Crippen LogP contribution in [0.3, 0.4) is 0 Å². The normalized spacial score (nSPS) is 15.7. The molecule has 6 heteroatoms. The highest BCUT2D eigenvalue weighted by Gasteiger charge is 2.51. The lowest BCUT2D eigenvalue weighted by molar-refractivity contribution is 0.0900. The molecule has 1 saturated heterocycles. The summed E-state index contributed by atoms with van der Waals surface area (Å²) in [6.07, 6.45) is 3.37. The molecule has 0 aromatic heterocycles. The first kappa shape index (κ1) is 27.4. The van der Waals surface area contributed by atoms with Crippen LogP contribution in [0, 0.1) is 0 Å². The average Bonchev–Trinajstić information content (AvgIpc) is 2.87. The van der Waals surface area contributed by atoms with E-state index in [4.69, 9.17) is 20.8 Å². The van der Waals surface area contributed by atoms with Crippen LogP contribution in [0.5, 0.6) is 5.75 Å². The maximum Gasteiger partial charge on any atom is 0.261 e. The number of ether oxygens (including phenoxy) is 1. The van der Waals surface area contributed by atoms with Gasteiger partial charge in [0.2, 0.25) is 0 Å². The quantitative estimate of drug-likeness (QED) is 0.201. The Morgan fingerprint density at radius 2 is 1.50 bits per heavy atom. The highest BCUT2D eigenvalue weighted by atomic mass is 79.9. The zero-order valence-corrected chi connectivity index (χ0v) is 24.9. The Morgan fingerprint density at radius 3 is 2.03 bits per heavy atom. The Labute approximate surface area is 231 Å². The molecule has 0 bridgehead atoms. The third kappa shape index (κ3) is 6.43. The number of hydrogen-bond donors (Lipinski definition) is 0. The molecular weight excluding hydrogens is 550 g/mol. The van der Waals surface area contributed by atoms with Crippen molar-refractivity contribution < 1.29 is 9.16 Å². The van der Waals surface area contributed by atoms with Crippen molar-refractivity contribution in [1.82, 2.24) is 4.90 Å². The second kappa shape index (κ2) is 12.3. The fourth-order valence-electron chi connectivity index (χ4n) is 5.25. The van der Waals surface area contributed by atoms with Gasteiger partial charge in [-0.15, -0.1) is 0 Å². The zero-order valence-electron chi connectivity index (χ0n) is 21.6. The van der Waals surface area contributed by atoms with Crippen molar-refractivity contribution in [3.05, 3.63) is 88.4 Å². The summed E-state index contributed by atoms with van der Waals surface area (Å²) in [5.41, 5.74) is 0. The second-order valence-corrected chi connectivity index (χ2v) is 16.2. The van der Waals surface area contributed by atoms with Gasteiger partial charge in [0.05, 0.1) is 11.6 Å². The maximum atomic E-state index is 7.34. The van der Waals surface area contributed by atoms with Crippen molar-refractivity contribution in [3.8, 4) is 5.75 Å². The van der Waals surface area contributed by atoms with Crippen molar-refractivity contribution in [2.45, 2.75) is 51.2 Å². The highest BCUT2D eigenvalue weighted by Crippen LogP contribution is 2.38. The Morgan fingerprint density at radius 1 is 0.917 bits per heavy atom. The van der Waals surface area contributed by atoms with E-state index in [0.29, 0.717) is 11.6 Å². The Balaban J connectivity index is 1.38. The third-order valence-electron chi connectivity index (χ3n) is 7.07. The van der Waals surface area contributed by atoms with Crippen LogP contribution in [-0.2, 0) is 4.43 Å². The minimum atomic E-state index is -2.49. The van der Waals surface area contributed by atoms with Gasteiger partial charge in [-0.25, -0.2) is 0 Å². The van der Waals surface area contributed by atoms with E-state index in [0.717, 1.165) is 49.1 Å². The molecule has 1 heterocycles. The molecule has 3 aromatic rings. The van der Waals surface area contributed by atoms with E-state index in [9.17, 15) is 0 Å². The molecule has 192 valence electrons. The van der Waals surface area contributed by atoms with Crippen molar-refractivity contribution in [2.75, 3.05) is 26.2 Å². The lowest BCUT2D eigenvalue weighted by atomic mass is 10.1. The summed E-state index contributed by atoms with van der Waals surface area (Å²) >= 11 is 9.71. The van der Waals surface area contributed by atoms with E-state index >= 15 is 0 Å². The molecule has 1 fully saturated rings. The number of nitrogens with zero attached hydrogens (tertiary/aromatic N) is 1. The summed E-state index contributed by atoms with van der Waals surface area (Å²) in [6.45, 7) is 10.9. The summed E-state index contributed by atoms with van der Waals surface area (Å²) in [5.74, 6) is 0.747. The Bertz CT molecular complexity index is 1060. The third-order valence-corrected chi connectivity index (χ3v) is 12.9. The number of hydrogen-bond acceptors (Lipinski definition) is 3. The summed E-state index contributed by atoms with van der Waals surface area (Å²) < 4.78 is 14.2. The van der Waals surface area contributed by atoms with Crippen LogP contribution in [0.2, 0.25) is 10.1 Å². The molecule has 1 aliphatic rings. The summed E-state index contributed by atoms with van der Waals surface area (Å²) in [6, 6.07) is 27.7. The molecule has 0 unspecified atom stereocenters. The summed E-state index contributed by atoms with van der Waals surface area (Å²) in [4.78, 5) is 2.54. The number of halogens is 2. The zero-order chi connectivity index (χ0) is 25.6. The topological polar surface area (TPSA) is 21.7 Å². The summed E-state index contributed by atoms with van der Waals surface area (Å²) in [7, 11) is -2.49. The van der Waals surface area contributed by atoms with Gasteiger partial charge in [0, 0.05) is 30.2 Å². The molecule has 1 aliphatic heterocycles. The predicted molar refractivity (Wildman–Crippen MR) is 157 cm³/mol. The smallest absolute Gasteiger partial charge is 0.261 e. The molecule has 0 N–H and O–H groups in total. The fraction of sp³-hybridized carbons (Fsp3) is 0.400. The molecule has 0 radical (unpaired) electrons. The van der Waals surface area contributed by atoms with Gasteiger partial charge in [-0.3, -0.25) is 0 Å². The lowest BCUT2D eigenvalue weighted by Crippen LogP contribution is -2.68. The van der Waals surface area contributed by atoms with E-state index < -0.39 is 8.32 Å². The molecule has 0 amide bonds. The van der Waals surface area contributed by atoms with Gasteiger partial charge >= 0.3 is 0 Å². The van der Waals surface area contributed by atoms with E-state index in [2.05, 4.69) is 102 Å². The minimum absolute atomic E-state index is 0.0124. The SMILES string of the molecule is CC(C)(C)[Si](OC1CCN(CCCOc2ccc(Br)cc2Cl)CC1)(c1ccccc1)c1ccccc1. The minimum Gasteiger partial charge on any atom is -0.492 e. The first-order valence-corrected chi connectivity index (χ1v) is 16.0. The molecule has 3 aromatic carbocycles. The van der Waals surface area contributed by atoms with Crippen molar-refractivity contribution in [2.24, 2.45) is 0 Å². The predicted octanol–water partition coefficient (Wildman–Crippen LogP) is 6.91. The standard InChI is InChI=1S/C30H37BrClNO2Si/c1-30(2,3)36(26-11-6-4-7-12-26,27-13-8-5-9-14-27)35-25-17-20-33(21-18-25)19-10-22-34-29-16-15-24(31)23-28(29)32/h4-9,11-16,23,25H,10,17-22H2,1-3H3. The van der Waals surface area contributed by atoms with Crippen LogP contribution in [0.1, 0.15) is 40.0 Å². The van der Waals surface area contributed by atoms with Gasteiger partial charge in [-0.05, 0) is 52.9 Å². The molecule has 0 spiro atoms. The van der Waals surface area contributed by atoms with Crippen molar-refractivity contribution in [3.63, 3.8) is 0 Å². The van der Waals surface area contributed by atoms with Gasteiger partial charge in [-0.2, -0.15) is 0 Å². The largest absolute Gasteiger partial charge is 0.492 e. The van der Waals surface area contributed by atoms with Gasteiger partial charge in [0.25, 0.3) is 8.32 Å². The molecule has 0 saturated carbocycles. The van der Waals surface area contributed by atoms with E-state index in [1.165, 1.54) is 10.4 Å².